The van der Waals surface area contributed by atoms with Crippen LogP contribution in [0.15, 0.2) is 6.20 Å². The van der Waals surface area contributed by atoms with E-state index in [0.29, 0.717) is 12.2 Å². The molecule has 0 aromatic carbocycles. The third kappa shape index (κ3) is 2.56. The van der Waals surface area contributed by atoms with Crippen LogP contribution < -0.4 is 5.73 Å². The average molecular weight is 283 g/mol. The normalized spacial score (nSPS) is 29.9. The maximum absolute atomic E-state index is 12.0. The standard InChI is InChI=1S/C13H21N3O2S/c14-12-5-3-6-13-15-10(9-16(12)13)8-11-4-1-2-7-19(11,17)18/h9,11-12H,1-8,14H2. The lowest BCUT2D eigenvalue weighted by Crippen LogP contribution is -2.30. The van der Waals surface area contributed by atoms with E-state index in [0.717, 1.165) is 50.0 Å². The summed E-state index contributed by atoms with van der Waals surface area (Å²) < 4.78 is 26.1. The van der Waals surface area contributed by atoms with Gasteiger partial charge < -0.3 is 10.3 Å². The van der Waals surface area contributed by atoms with Crippen molar-refractivity contribution in [2.75, 3.05) is 5.75 Å². The van der Waals surface area contributed by atoms with Gasteiger partial charge in [-0.2, -0.15) is 0 Å². The van der Waals surface area contributed by atoms with Gasteiger partial charge in [0.2, 0.25) is 0 Å². The lowest BCUT2D eigenvalue weighted by Gasteiger charge is -2.21. The molecule has 106 valence electrons. The van der Waals surface area contributed by atoms with Crippen LogP contribution in [0.1, 0.15) is 49.8 Å². The van der Waals surface area contributed by atoms with Gasteiger partial charge in [0.1, 0.15) is 5.82 Å². The van der Waals surface area contributed by atoms with Crippen molar-refractivity contribution in [3.8, 4) is 0 Å². The fraction of sp³-hybridized carbons (Fsp3) is 0.769. The topological polar surface area (TPSA) is 78.0 Å². The van der Waals surface area contributed by atoms with E-state index in [2.05, 4.69) is 4.98 Å². The molecule has 5 nitrogen and oxygen atoms in total. The molecular weight excluding hydrogens is 262 g/mol. The Morgan fingerprint density at radius 1 is 1.32 bits per heavy atom. The molecule has 19 heavy (non-hydrogen) atoms. The molecule has 1 fully saturated rings. The molecule has 2 atom stereocenters. The Labute approximate surface area is 114 Å². The van der Waals surface area contributed by atoms with Crippen LogP contribution in [-0.2, 0) is 22.7 Å². The number of sulfone groups is 1. The van der Waals surface area contributed by atoms with Gasteiger partial charge in [0, 0.05) is 19.0 Å². The molecule has 0 bridgehead atoms. The van der Waals surface area contributed by atoms with Gasteiger partial charge in [-0.05, 0) is 25.7 Å². The quantitative estimate of drug-likeness (QED) is 0.884. The second kappa shape index (κ2) is 4.90. The van der Waals surface area contributed by atoms with E-state index < -0.39 is 9.84 Å². The fourth-order valence-corrected chi connectivity index (χ4v) is 5.04. The second-order valence-electron chi connectivity index (χ2n) is 5.70. The van der Waals surface area contributed by atoms with E-state index in [1.807, 2.05) is 10.8 Å². The maximum Gasteiger partial charge on any atom is 0.153 e. The molecular formula is C13H21N3O2S. The Hall–Kier alpha value is -0.880. The minimum Gasteiger partial charge on any atom is -0.319 e. The minimum absolute atomic E-state index is 0.00737. The minimum atomic E-state index is -2.92. The summed E-state index contributed by atoms with van der Waals surface area (Å²) in [6, 6.07) is 0. The number of nitrogens with zero attached hydrogens (tertiary/aromatic N) is 2. The molecule has 2 aliphatic rings. The lowest BCUT2D eigenvalue weighted by atomic mass is 10.1. The van der Waals surface area contributed by atoms with E-state index in [-0.39, 0.29) is 11.4 Å². The van der Waals surface area contributed by atoms with E-state index in [9.17, 15) is 8.42 Å². The van der Waals surface area contributed by atoms with Gasteiger partial charge in [-0.3, -0.25) is 0 Å². The first kappa shape index (κ1) is 13.1. The average Bonchev–Trinajstić information content (AvgIpc) is 2.76. The third-order valence-corrected chi connectivity index (χ3v) is 6.54. The van der Waals surface area contributed by atoms with Crippen molar-refractivity contribution in [2.24, 2.45) is 5.73 Å². The van der Waals surface area contributed by atoms with Gasteiger partial charge in [0.15, 0.2) is 9.84 Å². The van der Waals surface area contributed by atoms with Crippen molar-refractivity contribution in [1.29, 1.82) is 0 Å². The maximum atomic E-state index is 12.0. The summed E-state index contributed by atoms with van der Waals surface area (Å²) in [7, 11) is -2.92. The highest BCUT2D eigenvalue weighted by atomic mass is 32.2. The molecule has 1 aromatic rings. The lowest BCUT2D eigenvalue weighted by molar-refractivity contribution is 0.408. The van der Waals surface area contributed by atoms with Crippen LogP contribution in [0.3, 0.4) is 0 Å². The zero-order valence-corrected chi connectivity index (χ0v) is 11.9. The van der Waals surface area contributed by atoms with E-state index in [4.69, 9.17) is 5.73 Å². The Balaban J connectivity index is 1.80. The smallest absolute Gasteiger partial charge is 0.153 e. The largest absolute Gasteiger partial charge is 0.319 e. The zero-order valence-electron chi connectivity index (χ0n) is 11.1. The Morgan fingerprint density at radius 2 is 2.16 bits per heavy atom. The summed E-state index contributed by atoms with van der Waals surface area (Å²) in [5.74, 6) is 1.35. The predicted octanol–water partition coefficient (Wildman–Crippen LogP) is 1.19. The van der Waals surface area contributed by atoms with Gasteiger partial charge in [-0.25, -0.2) is 13.4 Å². The number of aromatic nitrogens is 2. The molecule has 6 heteroatoms. The van der Waals surface area contributed by atoms with Gasteiger partial charge in [0.25, 0.3) is 0 Å². The van der Waals surface area contributed by atoms with E-state index >= 15 is 0 Å². The first-order chi connectivity index (χ1) is 9.06. The highest BCUT2D eigenvalue weighted by Gasteiger charge is 2.30. The van der Waals surface area contributed by atoms with Crippen molar-refractivity contribution < 1.29 is 8.42 Å². The number of fused-ring (bicyclic) bond motifs is 1. The molecule has 2 aliphatic heterocycles. The summed E-state index contributed by atoms with van der Waals surface area (Å²) in [4.78, 5) is 4.58. The Bertz CT molecular complexity index is 564. The molecule has 0 radical (unpaired) electrons. The Morgan fingerprint density at radius 3 is 2.89 bits per heavy atom. The van der Waals surface area contributed by atoms with Crippen molar-refractivity contribution in [3.05, 3.63) is 17.7 Å². The second-order valence-corrected chi connectivity index (χ2v) is 8.10. The number of rotatable bonds is 2. The molecule has 1 aromatic heterocycles. The molecule has 2 unspecified atom stereocenters. The van der Waals surface area contributed by atoms with Gasteiger partial charge in [-0.1, -0.05) is 6.42 Å². The van der Waals surface area contributed by atoms with Crippen LogP contribution in [0, 0.1) is 0 Å². The fourth-order valence-electron chi connectivity index (χ4n) is 3.15. The molecule has 0 saturated carbocycles. The number of aryl methyl sites for hydroxylation is 1. The molecule has 1 saturated heterocycles. The molecule has 3 heterocycles. The van der Waals surface area contributed by atoms with Crippen molar-refractivity contribution in [3.63, 3.8) is 0 Å². The molecule has 0 aliphatic carbocycles. The summed E-state index contributed by atoms with van der Waals surface area (Å²) in [5.41, 5.74) is 6.94. The van der Waals surface area contributed by atoms with Gasteiger partial charge in [-0.15, -0.1) is 0 Å². The number of hydrogen-bond acceptors (Lipinski definition) is 4. The van der Waals surface area contributed by atoms with Crippen LogP contribution in [0.25, 0.3) is 0 Å². The van der Waals surface area contributed by atoms with Crippen LogP contribution in [0.4, 0.5) is 0 Å². The van der Waals surface area contributed by atoms with E-state index in [1.54, 1.807) is 0 Å². The molecule has 2 N–H and O–H groups in total. The summed E-state index contributed by atoms with van der Waals surface area (Å²) in [6.45, 7) is 0. The third-order valence-electron chi connectivity index (χ3n) is 4.27. The SMILES string of the molecule is NC1CCCc2nc(CC3CCCCS3(=O)=O)cn21. The highest BCUT2D eigenvalue weighted by Crippen LogP contribution is 2.25. The number of imidazole rings is 1. The summed E-state index contributed by atoms with van der Waals surface area (Å²) in [5, 5.41) is -0.241. The first-order valence-corrected chi connectivity index (χ1v) is 8.81. The first-order valence-electron chi connectivity index (χ1n) is 7.10. The monoisotopic (exact) mass is 283 g/mol. The Kier molecular flexibility index (Phi) is 3.39. The van der Waals surface area contributed by atoms with Crippen LogP contribution in [0.2, 0.25) is 0 Å². The van der Waals surface area contributed by atoms with Crippen molar-refractivity contribution in [1.82, 2.24) is 9.55 Å². The van der Waals surface area contributed by atoms with Crippen LogP contribution in [0.5, 0.6) is 0 Å². The highest BCUT2D eigenvalue weighted by molar-refractivity contribution is 7.92. The predicted molar refractivity (Wildman–Crippen MR) is 73.5 cm³/mol. The molecule has 3 rings (SSSR count). The summed E-state index contributed by atoms with van der Waals surface area (Å²) in [6.07, 6.45) is 8.11. The zero-order chi connectivity index (χ0) is 13.5. The van der Waals surface area contributed by atoms with E-state index in [1.165, 1.54) is 0 Å². The molecule has 0 spiro atoms. The van der Waals surface area contributed by atoms with Crippen molar-refractivity contribution in [2.45, 2.75) is 56.4 Å². The van der Waals surface area contributed by atoms with Crippen molar-refractivity contribution >= 4 is 9.84 Å². The molecule has 0 amide bonds. The van der Waals surface area contributed by atoms with Crippen LogP contribution in [-0.4, -0.2) is 29.0 Å². The summed E-state index contributed by atoms with van der Waals surface area (Å²) >= 11 is 0. The number of nitrogens with two attached hydrogens (primary N) is 1. The van der Waals surface area contributed by atoms with Gasteiger partial charge in [0.05, 0.1) is 22.9 Å². The van der Waals surface area contributed by atoms with Gasteiger partial charge >= 0.3 is 0 Å². The number of hydrogen-bond donors (Lipinski definition) is 1. The van der Waals surface area contributed by atoms with Crippen LogP contribution >= 0.6 is 0 Å².